The number of benzene rings is 2. The second-order valence-electron chi connectivity index (χ2n) is 17.1. The van der Waals surface area contributed by atoms with Crippen molar-refractivity contribution in [1.82, 2.24) is 19.4 Å². The Balaban J connectivity index is 1.40. The maximum absolute atomic E-state index is 13.2. The molecule has 0 spiro atoms. The van der Waals surface area contributed by atoms with Crippen LogP contribution in [-0.2, 0) is 16.2 Å². The van der Waals surface area contributed by atoms with Gasteiger partial charge in [0.25, 0.3) is 0 Å². The van der Waals surface area contributed by atoms with Crippen LogP contribution < -0.4 is 4.43 Å². The van der Waals surface area contributed by atoms with Crippen molar-refractivity contribution in [2.24, 2.45) is 0 Å². The van der Waals surface area contributed by atoms with Gasteiger partial charge in [-0.25, -0.2) is 9.78 Å². The maximum Gasteiger partial charge on any atom is 0.410 e. The maximum atomic E-state index is 13.2. The number of aromatic nitrogens is 3. The summed E-state index contributed by atoms with van der Waals surface area (Å²) >= 11 is 0. The average Bonchev–Trinajstić information content (AvgIpc) is 3.64. The van der Waals surface area contributed by atoms with E-state index in [9.17, 15) is 4.79 Å². The van der Waals surface area contributed by atoms with E-state index < -0.39 is 22.0 Å². The Morgan fingerprint density at radius 1 is 0.878 bits per heavy atom. The Morgan fingerprint density at radius 3 is 2.22 bits per heavy atom. The first-order valence-electron chi connectivity index (χ1n) is 17.6. The third-order valence-corrected chi connectivity index (χ3v) is 15.7. The van der Waals surface area contributed by atoms with Crippen molar-refractivity contribution in [2.45, 2.75) is 117 Å². The monoisotopic (exact) mass is 700 g/mol. The number of rotatable bonds is 10. The molecule has 0 saturated carbocycles. The summed E-state index contributed by atoms with van der Waals surface area (Å²) in [6.45, 7) is 25.8. The van der Waals surface area contributed by atoms with Crippen LogP contribution in [0.2, 0.25) is 43.8 Å². The van der Waals surface area contributed by atoms with Gasteiger partial charge in [-0.3, -0.25) is 9.88 Å². The molecule has 1 aliphatic heterocycles. The lowest BCUT2D eigenvalue weighted by Gasteiger charge is -2.36. The number of hydrogen-bond acceptors (Lipinski definition) is 6. The van der Waals surface area contributed by atoms with Gasteiger partial charge in [0.05, 0.1) is 23.6 Å². The third kappa shape index (κ3) is 9.01. The molecule has 2 aromatic carbocycles. The van der Waals surface area contributed by atoms with Gasteiger partial charge >= 0.3 is 6.09 Å². The molecule has 0 radical (unpaired) electrons. The van der Waals surface area contributed by atoms with E-state index in [1.165, 1.54) is 0 Å². The van der Waals surface area contributed by atoms with Crippen molar-refractivity contribution in [3.05, 3.63) is 66.7 Å². The van der Waals surface area contributed by atoms with Crippen LogP contribution in [0.5, 0.6) is 5.75 Å². The minimum Gasteiger partial charge on any atom is -0.543 e. The molecule has 0 bridgehead atoms. The van der Waals surface area contributed by atoms with Gasteiger partial charge < -0.3 is 18.5 Å². The van der Waals surface area contributed by atoms with Crippen LogP contribution in [0.25, 0.3) is 33.3 Å². The molecule has 3 heterocycles. The van der Waals surface area contributed by atoms with Gasteiger partial charge in [0, 0.05) is 38.5 Å². The molecule has 0 aliphatic carbocycles. The summed E-state index contributed by atoms with van der Waals surface area (Å²) < 4.78 is 20.7. The minimum absolute atomic E-state index is 0.139. The molecular formula is C39H56N4O4Si2. The number of amides is 1. The van der Waals surface area contributed by atoms with Crippen LogP contribution in [0.1, 0.15) is 66.3 Å². The molecule has 1 fully saturated rings. The lowest BCUT2D eigenvalue weighted by Crippen LogP contribution is -2.43. The molecule has 264 valence electrons. The fourth-order valence-corrected chi connectivity index (χ4v) is 7.52. The zero-order chi connectivity index (χ0) is 35.8. The Hall–Kier alpha value is -3.48. The molecular weight excluding hydrogens is 645 g/mol. The number of pyridine rings is 1. The van der Waals surface area contributed by atoms with Gasteiger partial charge in [0.15, 0.2) is 0 Å². The highest BCUT2D eigenvalue weighted by Crippen LogP contribution is 2.39. The Labute approximate surface area is 295 Å². The standard InChI is InChI=1S/C39H56N4O4Si2/c1-38(2,3)46-37(44)42-20-12-13-34(42)36-41-26-35(43(36)27-45-21-22-48(7,8)9)31-17-19-33(40-25-31)30-15-14-29-24-32(18-16-28(29)23-30)47-49(10,11)39(4,5)6/h14-19,23-26,34H,12-13,20-22,27H2,1-11H3. The van der Waals surface area contributed by atoms with E-state index in [-0.39, 0.29) is 17.2 Å². The van der Waals surface area contributed by atoms with Crippen molar-refractivity contribution >= 4 is 33.3 Å². The van der Waals surface area contributed by atoms with Crippen molar-refractivity contribution in [3.63, 3.8) is 0 Å². The van der Waals surface area contributed by atoms with Gasteiger partial charge in [-0.2, -0.15) is 0 Å². The number of ether oxygens (including phenoxy) is 2. The fourth-order valence-electron chi connectivity index (χ4n) is 5.74. The first-order chi connectivity index (χ1) is 22.8. The van der Waals surface area contributed by atoms with Crippen LogP contribution in [0.4, 0.5) is 4.79 Å². The molecule has 1 unspecified atom stereocenters. The lowest BCUT2D eigenvalue weighted by molar-refractivity contribution is 0.0204. The van der Waals surface area contributed by atoms with Gasteiger partial charge in [0.1, 0.15) is 23.9 Å². The predicted molar refractivity (Wildman–Crippen MR) is 205 cm³/mol. The van der Waals surface area contributed by atoms with E-state index in [1.54, 1.807) is 0 Å². The number of carbonyl (C=O) groups excluding carboxylic acids is 1. The van der Waals surface area contributed by atoms with E-state index in [4.69, 9.17) is 23.9 Å². The molecule has 1 atom stereocenters. The minimum atomic E-state index is -1.92. The zero-order valence-corrected chi connectivity index (χ0v) is 33.5. The second-order valence-corrected chi connectivity index (χ2v) is 27.5. The van der Waals surface area contributed by atoms with Crippen LogP contribution in [0.15, 0.2) is 60.9 Å². The first kappa shape index (κ1) is 36.8. The second kappa shape index (κ2) is 14.0. The summed E-state index contributed by atoms with van der Waals surface area (Å²) in [4.78, 5) is 24.8. The van der Waals surface area contributed by atoms with E-state index in [1.807, 2.05) is 38.1 Å². The number of carbonyl (C=O) groups is 1. The average molecular weight is 701 g/mol. The molecule has 2 aromatic heterocycles. The van der Waals surface area contributed by atoms with Gasteiger partial charge in [-0.1, -0.05) is 58.6 Å². The topological polar surface area (TPSA) is 78.7 Å². The van der Waals surface area contributed by atoms with Crippen molar-refractivity contribution in [3.8, 4) is 28.3 Å². The van der Waals surface area contributed by atoms with Gasteiger partial charge in [-0.15, -0.1) is 0 Å². The largest absolute Gasteiger partial charge is 0.543 e. The highest BCUT2D eigenvalue weighted by atomic mass is 28.4. The van der Waals surface area contributed by atoms with Crippen LogP contribution in [0.3, 0.4) is 0 Å². The normalized spacial score (nSPS) is 16.0. The van der Waals surface area contributed by atoms with E-state index in [2.05, 4.69) is 107 Å². The number of likely N-dealkylation sites (tertiary alicyclic amines) is 1. The first-order valence-corrected chi connectivity index (χ1v) is 24.3. The van der Waals surface area contributed by atoms with E-state index in [0.717, 1.165) is 63.7 Å². The molecule has 8 nitrogen and oxygen atoms in total. The van der Waals surface area contributed by atoms with Gasteiger partial charge in [0.2, 0.25) is 8.32 Å². The number of fused-ring (bicyclic) bond motifs is 1. The van der Waals surface area contributed by atoms with E-state index >= 15 is 0 Å². The smallest absolute Gasteiger partial charge is 0.410 e. The molecule has 1 aliphatic rings. The Bertz CT molecular complexity index is 1770. The number of hydrogen-bond donors (Lipinski definition) is 0. The number of imidazole rings is 1. The van der Waals surface area contributed by atoms with Crippen LogP contribution in [-0.4, -0.2) is 60.7 Å². The third-order valence-electron chi connectivity index (χ3n) is 9.63. The highest BCUT2D eigenvalue weighted by molar-refractivity contribution is 6.76. The highest BCUT2D eigenvalue weighted by Gasteiger charge is 2.39. The molecule has 49 heavy (non-hydrogen) atoms. The fraction of sp³-hybridized carbons (Fsp3) is 0.513. The molecule has 5 rings (SSSR count). The molecule has 4 aromatic rings. The van der Waals surface area contributed by atoms with Crippen LogP contribution in [0, 0.1) is 0 Å². The van der Waals surface area contributed by atoms with Gasteiger partial charge in [-0.05, 0) is 98.9 Å². The summed E-state index contributed by atoms with van der Waals surface area (Å²) in [5, 5.41) is 2.44. The SMILES string of the molecule is CC(C)(C)OC(=O)N1CCCC1c1ncc(-c2ccc(-c3ccc4cc(O[Si](C)(C)C(C)(C)C)ccc4c3)nc2)n1COCC[Si](C)(C)C. The number of nitrogens with zero attached hydrogens (tertiary/aromatic N) is 4. The predicted octanol–water partition coefficient (Wildman–Crippen LogP) is 10.5. The molecule has 1 amide bonds. The van der Waals surface area contributed by atoms with Crippen molar-refractivity contribution in [1.29, 1.82) is 0 Å². The molecule has 1 saturated heterocycles. The molecule has 10 heteroatoms. The quantitative estimate of drug-likeness (QED) is 0.121. The summed E-state index contributed by atoms with van der Waals surface area (Å²) in [6.07, 6.45) is 5.23. The zero-order valence-electron chi connectivity index (χ0n) is 31.5. The van der Waals surface area contributed by atoms with Crippen molar-refractivity contribution < 1.29 is 18.7 Å². The summed E-state index contributed by atoms with van der Waals surface area (Å²) in [5.41, 5.74) is 3.26. The Kier molecular flexibility index (Phi) is 10.5. The van der Waals surface area contributed by atoms with Crippen LogP contribution >= 0.6 is 0 Å². The van der Waals surface area contributed by atoms with Crippen molar-refractivity contribution in [2.75, 3.05) is 13.2 Å². The lowest BCUT2D eigenvalue weighted by atomic mass is 10.0. The Morgan fingerprint density at radius 2 is 1.57 bits per heavy atom. The summed E-state index contributed by atoms with van der Waals surface area (Å²) in [6, 6.07) is 17.9. The summed E-state index contributed by atoms with van der Waals surface area (Å²) in [7, 11) is -3.18. The molecule has 0 N–H and O–H groups in total. The van der Waals surface area contributed by atoms with E-state index in [0.29, 0.717) is 19.9 Å². The summed E-state index contributed by atoms with van der Waals surface area (Å²) in [5.74, 6) is 1.75.